The van der Waals surface area contributed by atoms with Gasteiger partial charge in [-0.3, -0.25) is 4.79 Å². The minimum Gasteiger partial charge on any atom is -0.390 e. The van der Waals surface area contributed by atoms with Gasteiger partial charge in [-0.15, -0.1) is 6.58 Å². The molecule has 6 atom stereocenters. The maximum absolute atomic E-state index is 12.5. The van der Waals surface area contributed by atoms with Crippen LogP contribution in [0.25, 0.3) is 0 Å². The average molecular weight is 320 g/mol. The molecule has 2 N–H and O–H groups in total. The lowest BCUT2D eigenvalue weighted by Crippen LogP contribution is -2.68. The van der Waals surface area contributed by atoms with E-state index in [1.807, 2.05) is 19.9 Å². The standard InChI is InChI=1S/C20H32O3/c1-6-18(4)9-7-13-19(5)10-8-15(21)17(2,3)14(19)11-16(22)20(13,23)12-18/h6,13-14,16,22-23H,1,7-12H2,2-5H3/t13-,14+,16+,18+,19-,20-/m0/s1. The van der Waals surface area contributed by atoms with Gasteiger partial charge in [0.1, 0.15) is 5.78 Å². The van der Waals surface area contributed by atoms with Crippen molar-refractivity contribution in [3.05, 3.63) is 12.7 Å². The Morgan fingerprint density at radius 2 is 1.83 bits per heavy atom. The second kappa shape index (κ2) is 4.92. The number of carbonyl (C=O) groups excluding carboxylic acids is 1. The third-order valence-electron chi connectivity index (χ3n) is 7.90. The summed E-state index contributed by atoms with van der Waals surface area (Å²) in [7, 11) is 0. The van der Waals surface area contributed by atoms with Crippen LogP contribution in [0.2, 0.25) is 0 Å². The quantitative estimate of drug-likeness (QED) is 0.727. The van der Waals surface area contributed by atoms with Crippen LogP contribution in [0.15, 0.2) is 12.7 Å². The van der Waals surface area contributed by atoms with Crippen LogP contribution < -0.4 is 0 Å². The number of hydrogen-bond donors (Lipinski definition) is 2. The summed E-state index contributed by atoms with van der Waals surface area (Å²) in [6.07, 6.45) is 5.61. The Morgan fingerprint density at radius 3 is 2.43 bits per heavy atom. The van der Waals surface area contributed by atoms with Gasteiger partial charge in [0.05, 0.1) is 11.7 Å². The number of allylic oxidation sites excluding steroid dienone is 1. The van der Waals surface area contributed by atoms with Gasteiger partial charge in [-0.2, -0.15) is 0 Å². The molecule has 0 heterocycles. The number of aliphatic hydroxyl groups excluding tert-OH is 1. The summed E-state index contributed by atoms with van der Waals surface area (Å²) in [4.78, 5) is 12.5. The highest BCUT2D eigenvalue weighted by Crippen LogP contribution is 2.65. The van der Waals surface area contributed by atoms with Gasteiger partial charge < -0.3 is 10.2 Å². The molecule has 0 radical (unpaired) electrons. The molecule has 3 aliphatic rings. The predicted octanol–water partition coefficient (Wildman–Crippen LogP) is 3.49. The second-order valence-electron chi connectivity index (χ2n) is 9.57. The second-order valence-corrected chi connectivity index (χ2v) is 9.57. The van der Waals surface area contributed by atoms with Crippen molar-refractivity contribution in [3.8, 4) is 0 Å². The van der Waals surface area contributed by atoms with Crippen LogP contribution in [0.4, 0.5) is 0 Å². The van der Waals surface area contributed by atoms with E-state index in [1.54, 1.807) is 0 Å². The highest BCUT2D eigenvalue weighted by Gasteiger charge is 2.66. The zero-order valence-electron chi connectivity index (χ0n) is 15.1. The fourth-order valence-electron chi connectivity index (χ4n) is 6.31. The lowest BCUT2D eigenvalue weighted by molar-refractivity contribution is -0.246. The molecule has 0 aromatic carbocycles. The van der Waals surface area contributed by atoms with Crippen LogP contribution >= 0.6 is 0 Å². The lowest BCUT2D eigenvalue weighted by Gasteiger charge is -2.65. The number of fused-ring (bicyclic) bond motifs is 3. The highest BCUT2D eigenvalue weighted by atomic mass is 16.3. The van der Waals surface area contributed by atoms with Gasteiger partial charge >= 0.3 is 0 Å². The molecule has 3 heteroatoms. The normalized spacial score (nSPS) is 52.4. The van der Waals surface area contributed by atoms with Gasteiger partial charge in [0, 0.05) is 11.8 Å². The minimum absolute atomic E-state index is 0.0594. The molecule has 3 rings (SSSR count). The molecule has 0 saturated heterocycles. The molecule has 0 aliphatic heterocycles. The minimum atomic E-state index is -1.05. The summed E-state index contributed by atoms with van der Waals surface area (Å²) >= 11 is 0. The fourth-order valence-corrected chi connectivity index (χ4v) is 6.31. The first-order chi connectivity index (χ1) is 10.5. The van der Waals surface area contributed by atoms with Gasteiger partial charge in [-0.25, -0.2) is 0 Å². The van der Waals surface area contributed by atoms with Crippen LogP contribution in [0, 0.1) is 28.1 Å². The van der Waals surface area contributed by atoms with Crippen molar-refractivity contribution in [2.45, 2.75) is 77.9 Å². The maximum Gasteiger partial charge on any atom is 0.138 e. The SMILES string of the molecule is C=C[C@]1(C)CC[C@H]2[C@]3(C)CCC(=O)C(C)(C)[C@H]3C[C@@H](O)[C@]2(O)C1. The largest absolute Gasteiger partial charge is 0.390 e. The Kier molecular flexibility index (Phi) is 3.67. The monoisotopic (exact) mass is 320 g/mol. The van der Waals surface area contributed by atoms with E-state index >= 15 is 0 Å². The van der Waals surface area contributed by atoms with Crippen LogP contribution in [0.1, 0.15) is 66.2 Å². The molecular formula is C20H32O3. The smallest absolute Gasteiger partial charge is 0.138 e. The Bertz CT molecular complexity index is 539. The fraction of sp³-hybridized carbons (Fsp3) is 0.850. The molecular weight excluding hydrogens is 288 g/mol. The summed E-state index contributed by atoms with van der Waals surface area (Å²) < 4.78 is 0. The summed E-state index contributed by atoms with van der Waals surface area (Å²) in [6.45, 7) is 12.4. The Balaban J connectivity index is 2.03. The molecule has 3 aliphatic carbocycles. The van der Waals surface area contributed by atoms with E-state index in [0.717, 1.165) is 19.3 Å². The summed E-state index contributed by atoms with van der Waals surface area (Å²) in [5.41, 5.74) is -1.65. The number of hydrogen-bond acceptors (Lipinski definition) is 3. The number of aliphatic hydroxyl groups is 2. The third kappa shape index (κ3) is 2.19. The number of Topliss-reactive ketones (excluding diaryl/α,β-unsaturated/α-hetero) is 1. The number of ketones is 1. The Hall–Kier alpha value is -0.670. The van der Waals surface area contributed by atoms with Gasteiger partial charge in [0.25, 0.3) is 0 Å². The Morgan fingerprint density at radius 1 is 1.17 bits per heavy atom. The molecule has 0 aromatic heterocycles. The van der Waals surface area contributed by atoms with Crippen LogP contribution in [0.3, 0.4) is 0 Å². The van der Waals surface area contributed by atoms with E-state index in [4.69, 9.17) is 0 Å². The first-order valence-corrected chi connectivity index (χ1v) is 9.07. The molecule has 0 aromatic rings. The van der Waals surface area contributed by atoms with Crippen molar-refractivity contribution in [1.29, 1.82) is 0 Å². The van der Waals surface area contributed by atoms with Gasteiger partial charge in [0.2, 0.25) is 0 Å². The van der Waals surface area contributed by atoms with E-state index < -0.39 is 17.1 Å². The summed E-state index contributed by atoms with van der Waals surface area (Å²) in [6, 6.07) is 0. The molecule has 3 nitrogen and oxygen atoms in total. The number of carbonyl (C=O) groups is 1. The van der Waals surface area contributed by atoms with Crippen LogP contribution in [-0.4, -0.2) is 27.7 Å². The van der Waals surface area contributed by atoms with Crippen molar-refractivity contribution in [3.63, 3.8) is 0 Å². The van der Waals surface area contributed by atoms with Crippen molar-refractivity contribution in [2.75, 3.05) is 0 Å². The van der Waals surface area contributed by atoms with Gasteiger partial charge in [0.15, 0.2) is 0 Å². The average Bonchev–Trinajstić information content (AvgIpc) is 2.47. The maximum atomic E-state index is 12.5. The molecule has 0 amide bonds. The van der Waals surface area contributed by atoms with Crippen molar-refractivity contribution in [2.24, 2.45) is 28.1 Å². The zero-order valence-corrected chi connectivity index (χ0v) is 15.1. The summed E-state index contributed by atoms with van der Waals surface area (Å²) in [5, 5.41) is 22.4. The molecule has 3 saturated carbocycles. The Labute approximate surface area is 140 Å². The van der Waals surface area contributed by atoms with E-state index in [0.29, 0.717) is 25.0 Å². The lowest BCUT2D eigenvalue weighted by atomic mass is 9.41. The van der Waals surface area contributed by atoms with Gasteiger partial charge in [-0.1, -0.05) is 33.8 Å². The van der Waals surface area contributed by atoms with Gasteiger partial charge in [-0.05, 0) is 54.8 Å². The molecule has 0 bridgehead atoms. The highest BCUT2D eigenvalue weighted by molar-refractivity contribution is 5.85. The molecule has 3 fully saturated rings. The molecule has 0 unspecified atom stereocenters. The zero-order chi connectivity index (χ0) is 17.3. The van der Waals surface area contributed by atoms with Crippen molar-refractivity contribution < 1.29 is 15.0 Å². The predicted molar refractivity (Wildman–Crippen MR) is 90.8 cm³/mol. The van der Waals surface area contributed by atoms with E-state index in [2.05, 4.69) is 20.4 Å². The van der Waals surface area contributed by atoms with Crippen molar-refractivity contribution >= 4 is 5.78 Å². The van der Waals surface area contributed by atoms with Crippen LogP contribution in [0.5, 0.6) is 0 Å². The number of rotatable bonds is 1. The first kappa shape index (κ1) is 17.2. The molecule has 23 heavy (non-hydrogen) atoms. The van der Waals surface area contributed by atoms with E-state index in [9.17, 15) is 15.0 Å². The first-order valence-electron chi connectivity index (χ1n) is 9.07. The van der Waals surface area contributed by atoms with Crippen molar-refractivity contribution in [1.82, 2.24) is 0 Å². The van der Waals surface area contributed by atoms with E-state index in [1.165, 1.54) is 0 Å². The molecule has 0 spiro atoms. The third-order valence-corrected chi connectivity index (χ3v) is 7.90. The van der Waals surface area contributed by atoms with Crippen LogP contribution in [-0.2, 0) is 4.79 Å². The summed E-state index contributed by atoms with van der Waals surface area (Å²) in [5.74, 6) is 0.512. The molecule has 130 valence electrons. The van der Waals surface area contributed by atoms with E-state index in [-0.39, 0.29) is 22.7 Å². The topological polar surface area (TPSA) is 57.5 Å².